The third-order valence-corrected chi connectivity index (χ3v) is 5.55. The Labute approximate surface area is 129 Å². The molecule has 3 saturated heterocycles. The standard InChI is InChI=1S/C17H31N3O/c21-17(6-5-16-4-3-9-18-16)20-12-7-15(8-13-20)14-19-10-1-2-11-19/h15-16,18H,1-14H2. The Hall–Kier alpha value is -0.610. The van der Waals surface area contributed by atoms with Crippen molar-refractivity contribution in [1.29, 1.82) is 0 Å². The zero-order chi connectivity index (χ0) is 14.5. The predicted octanol–water partition coefficient (Wildman–Crippen LogP) is 1.85. The van der Waals surface area contributed by atoms with Crippen molar-refractivity contribution in [3.63, 3.8) is 0 Å². The van der Waals surface area contributed by atoms with Crippen molar-refractivity contribution >= 4 is 5.91 Å². The highest BCUT2D eigenvalue weighted by atomic mass is 16.2. The van der Waals surface area contributed by atoms with E-state index < -0.39 is 0 Å². The lowest BCUT2D eigenvalue weighted by Gasteiger charge is -2.34. The van der Waals surface area contributed by atoms with Crippen LogP contribution in [-0.4, -0.2) is 61.0 Å². The van der Waals surface area contributed by atoms with E-state index in [1.54, 1.807) is 0 Å². The molecule has 0 radical (unpaired) electrons. The molecule has 3 heterocycles. The number of nitrogens with zero attached hydrogens (tertiary/aromatic N) is 2. The van der Waals surface area contributed by atoms with Crippen molar-refractivity contribution in [2.24, 2.45) is 5.92 Å². The van der Waals surface area contributed by atoms with Crippen LogP contribution in [0.15, 0.2) is 0 Å². The van der Waals surface area contributed by atoms with Crippen LogP contribution in [0, 0.1) is 5.92 Å². The molecule has 4 heteroatoms. The largest absolute Gasteiger partial charge is 0.343 e. The summed E-state index contributed by atoms with van der Waals surface area (Å²) in [6.07, 6.45) is 9.50. The summed E-state index contributed by atoms with van der Waals surface area (Å²) in [5.74, 6) is 1.21. The Morgan fingerprint density at radius 2 is 1.76 bits per heavy atom. The van der Waals surface area contributed by atoms with Gasteiger partial charge in [0.25, 0.3) is 0 Å². The van der Waals surface area contributed by atoms with Gasteiger partial charge in [-0.05, 0) is 70.5 Å². The van der Waals surface area contributed by atoms with Crippen LogP contribution in [0.1, 0.15) is 51.4 Å². The van der Waals surface area contributed by atoms with Crippen LogP contribution in [0.25, 0.3) is 0 Å². The molecule has 3 fully saturated rings. The predicted molar refractivity (Wildman–Crippen MR) is 85.2 cm³/mol. The summed E-state index contributed by atoms with van der Waals surface area (Å²) in [5.41, 5.74) is 0. The zero-order valence-electron chi connectivity index (χ0n) is 13.4. The number of rotatable bonds is 5. The van der Waals surface area contributed by atoms with Gasteiger partial charge in [0.05, 0.1) is 0 Å². The molecule has 0 saturated carbocycles. The van der Waals surface area contributed by atoms with Gasteiger partial charge in [-0.3, -0.25) is 4.79 Å². The first kappa shape index (κ1) is 15.3. The minimum absolute atomic E-state index is 0.392. The number of nitrogens with one attached hydrogen (secondary N) is 1. The summed E-state index contributed by atoms with van der Waals surface area (Å²) in [6.45, 7) is 7.00. The molecular weight excluding hydrogens is 262 g/mol. The van der Waals surface area contributed by atoms with Crippen LogP contribution >= 0.6 is 0 Å². The second-order valence-corrected chi connectivity index (χ2v) is 7.16. The summed E-state index contributed by atoms with van der Waals surface area (Å²) in [7, 11) is 0. The van der Waals surface area contributed by atoms with Gasteiger partial charge in [-0.15, -0.1) is 0 Å². The SMILES string of the molecule is O=C(CCC1CCCN1)N1CCC(CN2CCCC2)CC1. The molecular formula is C17H31N3O. The van der Waals surface area contributed by atoms with Crippen molar-refractivity contribution in [1.82, 2.24) is 15.1 Å². The van der Waals surface area contributed by atoms with E-state index >= 15 is 0 Å². The van der Waals surface area contributed by atoms with Crippen molar-refractivity contribution in [3.8, 4) is 0 Å². The van der Waals surface area contributed by atoms with Gasteiger partial charge in [0.15, 0.2) is 0 Å². The normalized spacial score (nSPS) is 28.4. The van der Waals surface area contributed by atoms with Gasteiger partial charge < -0.3 is 15.1 Å². The molecule has 0 aromatic heterocycles. The van der Waals surface area contributed by atoms with Gasteiger partial charge in [-0.2, -0.15) is 0 Å². The molecule has 3 aliphatic rings. The van der Waals surface area contributed by atoms with E-state index in [0.29, 0.717) is 11.9 Å². The van der Waals surface area contributed by atoms with Crippen LogP contribution in [0.4, 0.5) is 0 Å². The van der Waals surface area contributed by atoms with Gasteiger partial charge in [0.1, 0.15) is 0 Å². The van der Waals surface area contributed by atoms with E-state index in [1.807, 2.05) is 0 Å². The summed E-state index contributed by atoms with van der Waals surface area (Å²) in [4.78, 5) is 17.0. The maximum atomic E-state index is 12.3. The Morgan fingerprint density at radius 1 is 1.00 bits per heavy atom. The van der Waals surface area contributed by atoms with E-state index in [4.69, 9.17) is 0 Å². The Balaban J connectivity index is 1.33. The summed E-state index contributed by atoms with van der Waals surface area (Å²) in [6, 6.07) is 0.599. The average molecular weight is 293 g/mol. The molecule has 4 nitrogen and oxygen atoms in total. The average Bonchev–Trinajstić information content (AvgIpc) is 3.19. The molecule has 0 aromatic carbocycles. The van der Waals surface area contributed by atoms with Crippen LogP contribution < -0.4 is 5.32 Å². The molecule has 0 spiro atoms. The monoisotopic (exact) mass is 293 g/mol. The molecule has 3 rings (SSSR count). The lowest BCUT2D eigenvalue weighted by molar-refractivity contribution is -0.132. The summed E-state index contributed by atoms with van der Waals surface area (Å²) in [5, 5.41) is 3.49. The lowest BCUT2D eigenvalue weighted by atomic mass is 9.96. The Morgan fingerprint density at radius 3 is 2.43 bits per heavy atom. The fourth-order valence-corrected chi connectivity index (χ4v) is 4.15. The van der Waals surface area contributed by atoms with E-state index in [0.717, 1.165) is 38.4 Å². The van der Waals surface area contributed by atoms with Crippen molar-refractivity contribution in [3.05, 3.63) is 0 Å². The second-order valence-electron chi connectivity index (χ2n) is 7.16. The van der Waals surface area contributed by atoms with E-state index in [1.165, 1.54) is 58.2 Å². The highest BCUT2D eigenvalue weighted by Crippen LogP contribution is 2.21. The molecule has 1 amide bonds. The molecule has 120 valence electrons. The maximum absolute atomic E-state index is 12.3. The van der Waals surface area contributed by atoms with Crippen LogP contribution in [0.3, 0.4) is 0 Å². The minimum Gasteiger partial charge on any atom is -0.343 e. The number of carbonyl (C=O) groups excluding carboxylic acids is 1. The molecule has 1 atom stereocenters. The Bertz CT molecular complexity index is 327. The summed E-state index contributed by atoms with van der Waals surface area (Å²) < 4.78 is 0. The number of piperidine rings is 1. The van der Waals surface area contributed by atoms with Gasteiger partial charge in [0, 0.05) is 32.1 Å². The van der Waals surface area contributed by atoms with Gasteiger partial charge in [-0.1, -0.05) is 0 Å². The minimum atomic E-state index is 0.392. The second kappa shape index (κ2) is 7.59. The fraction of sp³-hybridized carbons (Fsp3) is 0.941. The topological polar surface area (TPSA) is 35.6 Å². The first-order chi connectivity index (χ1) is 10.3. The first-order valence-electron chi connectivity index (χ1n) is 9.05. The third kappa shape index (κ3) is 4.43. The molecule has 3 aliphatic heterocycles. The van der Waals surface area contributed by atoms with Gasteiger partial charge >= 0.3 is 0 Å². The molecule has 0 aromatic rings. The quantitative estimate of drug-likeness (QED) is 0.840. The van der Waals surface area contributed by atoms with Crippen LogP contribution in [0.5, 0.6) is 0 Å². The third-order valence-electron chi connectivity index (χ3n) is 5.55. The first-order valence-corrected chi connectivity index (χ1v) is 9.05. The number of carbonyl (C=O) groups is 1. The fourth-order valence-electron chi connectivity index (χ4n) is 4.15. The van der Waals surface area contributed by atoms with Gasteiger partial charge in [-0.25, -0.2) is 0 Å². The van der Waals surface area contributed by atoms with E-state index in [-0.39, 0.29) is 0 Å². The molecule has 21 heavy (non-hydrogen) atoms. The highest BCUT2D eigenvalue weighted by Gasteiger charge is 2.25. The molecule has 1 N–H and O–H groups in total. The van der Waals surface area contributed by atoms with Crippen molar-refractivity contribution in [2.75, 3.05) is 39.3 Å². The van der Waals surface area contributed by atoms with Crippen molar-refractivity contribution in [2.45, 2.75) is 57.4 Å². The Kier molecular flexibility index (Phi) is 5.53. The van der Waals surface area contributed by atoms with E-state index in [2.05, 4.69) is 15.1 Å². The molecule has 0 bridgehead atoms. The van der Waals surface area contributed by atoms with E-state index in [9.17, 15) is 4.79 Å². The lowest BCUT2D eigenvalue weighted by Crippen LogP contribution is -2.41. The number of likely N-dealkylation sites (tertiary alicyclic amines) is 2. The number of amides is 1. The summed E-state index contributed by atoms with van der Waals surface area (Å²) >= 11 is 0. The number of hydrogen-bond donors (Lipinski definition) is 1. The van der Waals surface area contributed by atoms with Crippen LogP contribution in [0.2, 0.25) is 0 Å². The number of hydrogen-bond acceptors (Lipinski definition) is 3. The molecule has 0 aliphatic carbocycles. The van der Waals surface area contributed by atoms with Crippen LogP contribution in [-0.2, 0) is 4.79 Å². The smallest absolute Gasteiger partial charge is 0.222 e. The molecule has 1 unspecified atom stereocenters. The van der Waals surface area contributed by atoms with Crippen molar-refractivity contribution < 1.29 is 4.79 Å². The van der Waals surface area contributed by atoms with Gasteiger partial charge in [0.2, 0.25) is 5.91 Å². The maximum Gasteiger partial charge on any atom is 0.222 e. The highest BCUT2D eigenvalue weighted by molar-refractivity contribution is 5.76. The zero-order valence-corrected chi connectivity index (χ0v) is 13.4.